The fourth-order valence-electron chi connectivity index (χ4n) is 2.27. The van der Waals surface area contributed by atoms with Gasteiger partial charge in [-0.15, -0.1) is 0 Å². The Morgan fingerprint density at radius 3 is 2.82 bits per heavy atom. The molecule has 0 unspecified atom stereocenters. The molecule has 1 aliphatic rings. The van der Waals surface area contributed by atoms with E-state index in [1.165, 1.54) is 18.3 Å². The lowest BCUT2D eigenvalue weighted by atomic mass is 10.1. The highest BCUT2D eigenvalue weighted by molar-refractivity contribution is 5.56. The van der Waals surface area contributed by atoms with Crippen LogP contribution in [-0.4, -0.2) is 23.1 Å². The van der Waals surface area contributed by atoms with Crippen LogP contribution in [0.15, 0.2) is 36.5 Å². The summed E-state index contributed by atoms with van der Waals surface area (Å²) in [5, 5.41) is 14.1. The number of rotatable bonds is 4. The first-order valence-electron chi connectivity index (χ1n) is 6.90. The Hall–Kier alpha value is -2.83. The van der Waals surface area contributed by atoms with Crippen molar-refractivity contribution in [3.8, 4) is 11.5 Å². The van der Waals surface area contributed by atoms with Gasteiger partial charge in [0.15, 0.2) is 11.5 Å². The molecule has 1 aliphatic heterocycles. The zero-order valence-electron chi connectivity index (χ0n) is 12.0. The number of hydrogen-bond acceptors (Lipinski definition) is 6. The van der Waals surface area contributed by atoms with Crippen LogP contribution in [0, 0.1) is 10.1 Å². The first kappa shape index (κ1) is 14.1. The second-order valence-corrected chi connectivity index (χ2v) is 4.90. The lowest BCUT2D eigenvalue weighted by Crippen LogP contribution is -2.16. The number of hydrogen-bond donors (Lipinski definition) is 1. The van der Waals surface area contributed by atoms with Crippen molar-refractivity contribution in [1.29, 1.82) is 0 Å². The normalized spacial score (nSPS) is 14.2. The Morgan fingerprint density at radius 1 is 1.27 bits per heavy atom. The van der Waals surface area contributed by atoms with Crippen LogP contribution in [0.1, 0.15) is 18.5 Å². The van der Waals surface area contributed by atoms with Gasteiger partial charge in [0.2, 0.25) is 5.82 Å². The van der Waals surface area contributed by atoms with Crippen molar-refractivity contribution in [3.63, 3.8) is 0 Å². The highest BCUT2D eigenvalue weighted by atomic mass is 16.6. The minimum atomic E-state index is -0.453. The third-order valence-corrected chi connectivity index (χ3v) is 3.40. The molecule has 0 fully saturated rings. The molecule has 7 heteroatoms. The van der Waals surface area contributed by atoms with Crippen LogP contribution in [0.2, 0.25) is 0 Å². The van der Waals surface area contributed by atoms with E-state index in [1.54, 1.807) is 0 Å². The second-order valence-electron chi connectivity index (χ2n) is 4.90. The molecular formula is C15H15N3O4. The predicted octanol–water partition coefficient (Wildman–Crippen LogP) is 2.93. The van der Waals surface area contributed by atoms with Gasteiger partial charge >= 0.3 is 5.69 Å². The van der Waals surface area contributed by atoms with E-state index in [-0.39, 0.29) is 17.5 Å². The summed E-state index contributed by atoms with van der Waals surface area (Å²) < 4.78 is 11.0. The Morgan fingerprint density at radius 2 is 2.05 bits per heavy atom. The maximum Gasteiger partial charge on any atom is 0.311 e. The fraction of sp³-hybridized carbons (Fsp3) is 0.267. The maximum absolute atomic E-state index is 11.0. The maximum atomic E-state index is 11.0. The number of ether oxygens (including phenoxy) is 2. The highest BCUT2D eigenvalue weighted by Crippen LogP contribution is 2.34. The van der Waals surface area contributed by atoms with Crippen molar-refractivity contribution in [2.45, 2.75) is 13.0 Å². The number of nitrogens with one attached hydrogen (secondary N) is 1. The molecule has 0 spiro atoms. The van der Waals surface area contributed by atoms with E-state index in [0.29, 0.717) is 24.7 Å². The van der Waals surface area contributed by atoms with Crippen LogP contribution >= 0.6 is 0 Å². The quantitative estimate of drug-likeness (QED) is 0.690. The molecule has 2 heterocycles. The number of benzene rings is 1. The van der Waals surface area contributed by atoms with Gasteiger partial charge in [-0.25, -0.2) is 4.98 Å². The van der Waals surface area contributed by atoms with Crippen molar-refractivity contribution in [2.75, 3.05) is 18.5 Å². The van der Waals surface area contributed by atoms with E-state index >= 15 is 0 Å². The van der Waals surface area contributed by atoms with Gasteiger partial charge < -0.3 is 14.8 Å². The minimum absolute atomic E-state index is 0.0492. The Labute approximate surface area is 127 Å². The van der Waals surface area contributed by atoms with E-state index in [4.69, 9.17) is 9.47 Å². The van der Waals surface area contributed by atoms with Gasteiger partial charge in [0.1, 0.15) is 13.2 Å². The summed E-state index contributed by atoms with van der Waals surface area (Å²) in [7, 11) is 0. The van der Waals surface area contributed by atoms with Gasteiger partial charge in [0.05, 0.1) is 11.0 Å². The minimum Gasteiger partial charge on any atom is -0.486 e. The van der Waals surface area contributed by atoms with Crippen molar-refractivity contribution in [2.24, 2.45) is 0 Å². The number of nitro groups is 1. The van der Waals surface area contributed by atoms with Crippen molar-refractivity contribution in [3.05, 3.63) is 52.2 Å². The van der Waals surface area contributed by atoms with E-state index in [2.05, 4.69) is 10.3 Å². The molecular weight excluding hydrogens is 286 g/mol. The second kappa shape index (κ2) is 5.88. The Bertz CT molecular complexity index is 705. The molecule has 3 rings (SSSR count). The number of fused-ring (bicyclic) bond motifs is 1. The zero-order valence-corrected chi connectivity index (χ0v) is 12.0. The summed E-state index contributed by atoms with van der Waals surface area (Å²) in [6, 6.07) is 8.42. The van der Waals surface area contributed by atoms with Gasteiger partial charge in [0, 0.05) is 12.3 Å². The SMILES string of the molecule is C[C@H](Nc1ncccc1[N+](=O)[O-])c1ccc2c(c1)OCCO2. The molecule has 0 bridgehead atoms. The van der Waals surface area contributed by atoms with Gasteiger partial charge in [-0.05, 0) is 30.7 Å². The summed E-state index contributed by atoms with van der Waals surface area (Å²) in [6.07, 6.45) is 1.52. The Balaban J connectivity index is 1.83. The summed E-state index contributed by atoms with van der Waals surface area (Å²) in [5.41, 5.74) is 0.885. The lowest BCUT2D eigenvalue weighted by molar-refractivity contribution is -0.384. The van der Waals surface area contributed by atoms with E-state index in [0.717, 1.165) is 5.56 Å². The standard InChI is InChI=1S/C15H15N3O4/c1-10(17-15-12(18(19)20)3-2-6-16-15)11-4-5-13-14(9-11)22-8-7-21-13/h2-6,9-10H,7-8H2,1H3,(H,16,17)/t10-/m0/s1. The van der Waals surface area contributed by atoms with Crippen LogP contribution < -0.4 is 14.8 Å². The number of aromatic nitrogens is 1. The molecule has 1 aromatic carbocycles. The predicted molar refractivity (Wildman–Crippen MR) is 80.4 cm³/mol. The molecule has 22 heavy (non-hydrogen) atoms. The lowest BCUT2D eigenvalue weighted by Gasteiger charge is -2.21. The van der Waals surface area contributed by atoms with Crippen molar-refractivity contribution >= 4 is 11.5 Å². The van der Waals surface area contributed by atoms with Crippen LogP contribution in [0.5, 0.6) is 11.5 Å². The molecule has 0 amide bonds. The van der Waals surface area contributed by atoms with E-state index in [1.807, 2.05) is 25.1 Å². The monoisotopic (exact) mass is 301 g/mol. The highest BCUT2D eigenvalue weighted by Gasteiger charge is 2.18. The molecule has 0 saturated carbocycles. The molecule has 0 radical (unpaired) electrons. The van der Waals surface area contributed by atoms with Gasteiger partial charge in [0.25, 0.3) is 0 Å². The number of nitrogens with zero attached hydrogens (tertiary/aromatic N) is 2. The summed E-state index contributed by atoms with van der Waals surface area (Å²) in [4.78, 5) is 14.6. The van der Waals surface area contributed by atoms with Crippen LogP contribution in [-0.2, 0) is 0 Å². The molecule has 1 atom stereocenters. The Kier molecular flexibility index (Phi) is 3.78. The largest absolute Gasteiger partial charge is 0.486 e. The molecule has 114 valence electrons. The number of anilines is 1. The van der Waals surface area contributed by atoms with Crippen LogP contribution in [0.3, 0.4) is 0 Å². The summed E-state index contributed by atoms with van der Waals surface area (Å²) in [6.45, 7) is 2.97. The molecule has 2 aromatic rings. The topological polar surface area (TPSA) is 86.5 Å². The first-order chi connectivity index (χ1) is 10.6. The average molecular weight is 301 g/mol. The zero-order chi connectivity index (χ0) is 15.5. The molecule has 0 aliphatic carbocycles. The van der Waals surface area contributed by atoms with Crippen LogP contribution in [0.25, 0.3) is 0 Å². The molecule has 1 N–H and O–H groups in total. The van der Waals surface area contributed by atoms with E-state index in [9.17, 15) is 10.1 Å². The number of pyridine rings is 1. The van der Waals surface area contributed by atoms with Crippen molar-refractivity contribution in [1.82, 2.24) is 4.98 Å². The van der Waals surface area contributed by atoms with Gasteiger partial charge in [-0.1, -0.05) is 6.07 Å². The average Bonchev–Trinajstić information content (AvgIpc) is 2.54. The van der Waals surface area contributed by atoms with Gasteiger partial charge in [-0.2, -0.15) is 0 Å². The van der Waals surface area contributed by atoms with E-state index < -0.39 is 4.92 Å². The fourth-order valence-corrected chi connectivity index (χ4v) is 2.27. The smallest absolute Gasteiger partial charge is 0.311 e. The van der Waals surface area contributed by atoms with Crippen LogP contribution in [0.4, 0.5) is 11.5 Å². The summed E-state index contributed by atoms with van der Waals surface area (Å²) in [5.74, 6) is 1.65. The molecule has 0 saturated heterocycles. The summed E-state index contributed by atoms with van der Waals surface area (Å²) >= 11 is 0. The third-order valence-electron chi connectivity index (χ3n) is 3.40. The third kappa shape index (κ3) is 2.78. The first-order valence-corrected chi connectivity index (χ1v) is 6.90. The molecule has 1 aromatic heterocycles. The molecule has 7 nitrogen and oxygen atoms in total. The van der Waals surface area contributed by atoms with Crippen molar-refractivity contribution < 1.29 is 14.4 Å². The van der Waals surface area contributed by atoms with Gasteiger partial charge in [-0.3, -0.25) is 10.1 Å².